The molecule has 0 bridgehead atoms. The van der Waals surface area contributed by atoms with Crippen LogP contribution in [0.4, 0.5) is 5.95 Å². The Bertz CT molecular complexity index is 4220. The minimum Gasteiger partial charge on any atom is -0.780 e. The van der Waals surface area contributed by atoms with Gasteiger partial charge in [-0.25, -0.2) is 14.6 Å². The van der Waals surface area contributed by atoms with Gasteiger partial charge in [0.05, 0.1) is 57.7 Å². The van der Waals surface area contributed by atoms with Crippen LogP contribution in [-0.2, 0) is 142 Å². The fourth-order valence-corrected chi connectivity index (χ4v) is 18.1. The number of nitrogen functional groups attached to an aromatic ring is 1. The highest BCUT2D eigenvalue weighted by atomic mass is 32.7. The number of aliphatic hydroxyl groups excluding tert-OH is 1. The lowest BCUT2D eigenvalue weighted by Crippen LogP contribution is -2.48. The van der Waals surface area contributed by atoms with Crippen molar-refractivity contribution in [2.24, 2.45) is 0 Å². The summed E-state index contributed by atoms with van der Waals surface area (Å²) in [6.45, 7) is -15.9. The summed E-state index contributed by atoms with van der Waals surface area (Å²) in [5.41, 5.74) is 1.79. The number of ether oxygens (including phenoxy) is 6. The zero-order chi connectivity index (χ0) is 71.7. The fourth-order valence-electron chi connectivity index (χ4n) is 10.7. The largest absolute Gasteiger partial charge is 0.780 e. The van der Waals surface area contributed by atoms with Crippen LogP contribution in [0.3, 0.4) is 0 Å². The van der Waals surface area contributed by atoms with Gasteiger partial charge in [-0.1, -0.05) is 53.8 Å². The van der Waals surface area contributed by atoms with Crippen molar-refractivity contribution in [3.8, 4) is 0 Å². The van der Waals surface area contributed by atoms with E-state index in [0.717, 1.165) is 28.6 Å². The predicted molar refractivity (Wildman–Crippen MR) is 348 cm³/mol. The Morgan fingerprint density at radius 1 is 0.684 bits per heavy atom. The Kier molecular flexibility index (Phi) is 26.0. The minimum absolute atomic E-state index is 0.0102. The number of nitrogens with two attached hydrogens (primary N) is 1. The van der Waals surface area contributed by atoms with Gasteiger partial charge in [-0.2, -0.15) is 4.98 Å². The molecule has 9 rings (SSSR count). The summed E-state index contributed by atoms with van der Waals surface area (Å²) < 4.78 is 111. The maximum absolute atomic E-state index is 14.6. The molecule has 5 aliphatic rings. The Hall–Kier alpha value is -3.40. The molecule has 4 saturated heterocycles. The molecule has 0 aliphatic carbocycles. The van der Waals surface area contributed by atoms with Crippen molar-refractivity contribution in [1.82, 2.24) is 48.8 Å². The van der Waals surface area contributed by atoms with Crippen LogP contribution in [0.5, 0.6) is 0 Å². The van der Waals surface area contributed by atoms with Gasteiger partial charge in [0.15, 0.2) is 30.4 Å². The maximum Gasteiger partial charge on any atom is 0.330 e. The number of nitrogens with zero attached hydrogens (tertiary/aromatic N) is 6. The number of methoxy groups -OCH3 is 2. The highest BCUT2D eigenvalue weighted by Crippen LogP contribution is 2.54. The van der Waals surface area contributed by atoms with Crippen molar-refractivity contribution in [2.75, 3.05) is 59.6 Å². The van der Waals surface area contributed by atoms with Gasteiger partial charge in [0.1, 0.15) is 94.0 Å². The number of H-pyrrole nitrogens is 3. The summed E-state index contributed by atoms with van der Waals surface area (Å²) >= 11 is 26.5. The molecule has 7 unspecified atom stereocenters. The van der Waals surface area contributed by atoms with Gasteiger partial charge in [0.25, 0.3) is 22.6 Å². The Morgan fingerprint density at radius 3 is 1.77 bits per heavy atom. The quantitative estimate of drug-likeness (QED) is 0.0173. The van der Waals surface area contributed by atoms with Crippen molar-refractivity contribution < 1.29 is 108 Å². The van der Waals surface area contributed by atoms with E-state index in [9.17, 15) is 58.0 Å². The third-order valence-corrected chi connectivity index (χ3v) is 23.1. The molecule has 0 spiro atoms. The second-order valence-corrected chi connectivity index (χ2v) is 36.1. The first-order valence-corrected chi connectivity index (χ1v) is 42.0. The molecule has 4 aromatic rings. The molecule has 5 aliphatic heterocycles. The Labute approximate surface area is 581 Å². The number of nitrogens with one attached hydrogen (secondary N) is 4. The Balaban J connectivity index is 0.950. The van der Waals surface area contributed by atoms with Crippen LogP contribution in [0.1, 0.15) is 69.8 Å². The number of aryl methyl sites for hydroxylation is 2. The number of hydrogen-bond donors (Lipinski definition) is 6. The molecule has 546 valence electrons. The summed E-state index contributed by atoms with van der Waals surface area (Å²) in [5.74, 6) is -0.726. The van der Waals surface area contributed by atoms with Crippen LogP contribution in [0.25, 0.3) is 11.2 Å². The first-order chi connectivity index (χ1) is 45.9. The molecule has 98 heavy (non-hydrogen) atoms. The van der Waals surface area contributed by atoms with Crippen molar-refractivity contribution in [2.45, 2.75) is 146 Å². The van der Waals surface area contributed by atoms with Crippen LogP contribution in [0, 0.1) is 13.8 Å². The van der Waals surface area contributed by atoms with Crippen molar-refractivity contribution >= 4 is 116 Å². The van der Waals surface area contributed by atoms with E-state index in [1.54, 1.807) is 13.8 Å². The number of carbonyl (C=O) groups excluding carboxylic acids is 1. The zero-order valence-corrected chi connectivity index (χ0v) is 61.1. The molecule has 0 saturated carbocycles. The van der Waals surface area contributed by atoms with Gasteiger partial charge in [-0.05, 0) is 41.0 Å². The highest BCUT2D eigenvalue weighted by Gasteiger charge is 2.53. The molecular formula is C49H67N11O28P5S5-5. The lowest BCUT2D eigenvalue weighted by atomic mass is 10.1. The number of rotatable bonds is 32. The first-order valence-electron chi connectivity index (χ1n) is 29.2. The van der Waals surface area contributed by atoms with E-state index in [1.165, 1.54) is 49.9 Å². The molecule has 4 fully saturated rings. The van der Waals surface area contributed by atoms with E-state index < -0.39 is 193 Å². The molecule has 1 amide bonds. The second kappa shape index (κ2) is 32.3. The third kappa shape index (κ3) is 19.3. The van der Waals surface area contributed by atoms with Gasteiger partial charge in [-0.15, -0.1) is 0 Å². The molecule has 0 radical (unpaired) electrons. The van der Waals surface area contributed by atoms with E-state index in [-0.39, 0.29) is 65.7 Å². The number of anilines is 1. The van der Waals surface area contributed by atoms with E-state index in [4.69, 9.17) is 139 Å². The van der Waals surface area contributed by atoms with Crippen LogP contribution in [0.15, 0.2) is 66.9 Å². The van der Waals surface area contributed by atoms with Crippen LogP contribution in [0.2, 0.25) is 0 Å². The van der Waals surface area contributed by atoms with Gasteiger partial charge < -0.3 is 127 Å². The normalized spacial score (nSPS) is 29.9. The van der Waals surface area contributed by atoms with Crippen LogP contribution >= 0.6 is 33.7 Å². The van der Waals surface area contributed by atoms with Crippen LogP contribution in [-0.4, -0.2) is 182 Å². The highest BCUT2D eigenvalue weighted by molar-refractivity contribution is 8.32. The number of amides is 1. The molecule has 7 N–H and O–H groups in total. The van der Waals surface area contributed by atoms with Gasteiger partial charge >= 0.3 is 11.4 Å². The summed E-state index contributed by atoms with van der Waals surface area (Å²) in [4.78, 5) is 149. The van der Waals surface area contributed by atoms with Gasteiger partial charge in [-0.3, -0.25) is 52.4 Å². The van der Waals surface area contributed by atoms with Gasteiger partial charge in [0, 0.05) is 69.0 Å². The van der Waals surface area contributed by atoms with E-state index in [2.05, 4.69) is 36.8 Å². The summed E-state index contributed by atoms with van der Waals surface area (Å²) in [5, 5.41) is 11.9. The molecule has 0 aromatic carbocycles. The number of imidazole rings is 1. The first kappa shape index (κ1) is 78.7. The lowest BCUT2D eigenvalue weighted by molar-refractivity contribution is -0.221. The molecule has 4 aromatic heterocycles. The summed E-state index contributed by atoms with van der Waals surface area (Å²) in [6.07, 6.45) is -16.5. The maximum atomic E-state index is 14.6. The molecule has 19 atom stereocenters. The number of aromatic amines is 3. The Morgan fingerprint density at radius 2 is 1.18 bits per heavy atom. The van der Waals surface area contributed by atoms with Crippen molar-refractivity contribution in [3.05, 3.63) is 106 Å². The fraction of sp³-hybridized carbons (Fsp3) is 0.633. The summed E-state index contributed by atoms with van der Waals surface area (Å²) in [7, 11) is 2.39. The van der Waals surface area contributed by atoms with E-state index in [0.29, 0.717) is 0 Å². The molecule has 9 heterocycles. The van der Waals surface area contributed by atoms with Crippen molar-refractivity contribution in [3.63, 3.8) is 0 Å². The second-order valence-electron chi connectivity index (χ2n) is 22.5. The lowest BCUT2D eigenvalue weighted by Gasteiger charge is -2.37. The molecule has 49 heteroatoms. The molecular weight excluding hydrogens is 1510 g/mol. The predicted octanol–water partition coefficient (Wildman–Crippen LogP) is -2.12. The van der Waals surface area contributed by atoms with E-state index >= 15 is 0 Å². The summed E-state index contributed by atoms with van der Waals surface area (Å²) in [6, 6.07) is 0. The third-order valence-electron chi connectivity index (χ3n) is 15.2. The number of aliphatic hydroxyl groups is 1. The molecule has 39 nitrogen and oxygen atoms in total. The van der Waals surface area contributed by atoms with Gasteiger partial charge in [0.2, 0.25) is 5.95 Å². The topological polar surface area (TPSA) is 509 Å². The number of hydrogen-bond acceptors (Lipinski definition) is 37. The van der Waals surface area contributed by atoms with Crippen molar-refractivity contribution in [1.29, 1.82) is 0 Å². The van der Waals surface area contributed by atoms with Crippen LogP contribution < -0.4 is 58.7 Å². The minimum atomic E-state index is -4.97. The average molecular weight is 1570 g/mol. The monoisotopic (exact) mass is 1570 g/mol. The standard InChI is InChI=1S/C49H72N11O28P5S5/c1-22(2)84-90(69,95)76-17-30-28(13-34(81-30)60-21-51-35-40(60)53-47(50)54-44(35)65)86-91(70,96)77-18-29-27(12-33(80-29)58-15-24(4)42(63)55-48(58)66)85-92(71,97)78-19-32-37(39(74-8)46(83-32)59-16-25(5)43(64)56-49(59)67)88-93(72,98)79-20-31-36(87-89(68,94)75-11-9-10-61)38(73-7)45(82-31)57-14-23(3)41(62)52-26(57)6/h14-16,21-22,27-34,36-39,45-46,61H,6,9-13,17-20H2,1-5,7-8H3,(H,52,62)(H,68,94)(H,69,95)(H,70,96)(H,71,97)(H,72,98)(H,55,63,66)(H,56,64,67)(H3,50,53,54,65)/p-5/t27-,28-,29-,30-,31-,32-,33-,34-,36+,37+,38?,39?,45-,46-,89?,90?,91?,92?,93?/m1/s1. The smallest absolute Gasteiger partial charge is 0.330 e. The average Bonchev–Trinajstić information content (AvgIpc) is 1.64. The van der Waals surface area contributed by atoms with E-state index in [1.807, 2.05) is 0 Å². The number of carbonyl (C=O) groups is 1. The zero-order valence-electron chi connectivity index (χ0n) is 52.5. The number of aromatic nitrogens is 8. The SMILES string of the molecule is C=C1NC(=O)C(C)=CN1[C@@H]1O[C@H](COP([O-])(=S)O[C@@H]2C(OC)[C@H](n3cc(C)c(=O)[nH]c3=O)O[C@@H]2COP(=O)([S-])O[C@@H]2C[C@H](n3cc(C)c(=O)[nH]c3=O)O[C@@H]2COP([O-])(=S)O[C@@H]2C[C@H](n3cnc4c(=O)[nH]c(N)nc43)O[C@@H]2COP([O-])(=S)OC(C)C)[C@H](OP([O-])(=S)OCCCO)C1OC. The number of fused-ring (bicyclic) bond motifs is 1.